The molecule has 1 aromatic heterocycles. The van der Waals surface area contributed by atoms with Crippen LogP contribution in [0.5, 0.6) is 0 Å². The van der Waals surface area contributed by atoms with E-state index in [0.717, 1.165) is 5.56 Å². The molecule has 1 amide bonds. The highest BCUT2D eigenvalue weighted by molar-refractivity contribution is 7.89. The van der Waals surface area contributed by atoms with E-state index >= 15 is 0 Å². The zero-order chi connectivity index (χ0) is 18.3. The van der Waals surface area contributed by atoms with Gasteiger partial charge in [0.15, 0.2) is 0 Å². The third kappa shape index (κ3) is 6.36. The minimum Gasteiger partial charge on any atom is -0.467 e. The van der Waals surface area contributed by atoms with Gasteiger partial charge < -0.3 is 9.73 Å². The lowest BCUT2D eigenvalue weighted by molar-refractivity contribution is -0.123. The summed E-state index contributed by atoms with van der Waals surface area (Å²) in [4.78, 5) is 12.4. The Morgan fingerprint density at radius 3 is 2.44 bits per heavy atom. The van der Waals surface area contributed by atoms with E-state index in [9.17, 15) is 13.2 Å². The lowest BCUT2D eigenvalue weighted by atomic mass is 10.1. The fourth-order valence-corrected chi connectivity index (χ4v) is 3.73. The van der Waals surface area contributed by atoms with Gasteiger partial charge in [-0.15, -0.1) is 0 Å². The standard InChI is InChI=1S/C18H24N2O4S/c1-14(2)17(18(21)19-13-16-9-6-11-24-16)20-25(22,23)12-10-15-7-4-3-5-8-15/h3-9,11,14,17,20H,10,12-13H2,1-2H3,(H,19,21)/t17-/m0/s1. The van der Waals surface area contributed by atoms with Crippen LogP contribution in [0, 0.1) is 5.92 Å². The van der Waals surface area contributed by atoms with Crippen LogP contribution in [0.2, 0.25) is 0 Å². The quantitative estimate of drug-likeness (QED) is 0.713. The van der Waals surface area contributed by atoms with Gasteiger partial charge in [-0.25, -0.2) is 13.1 Å². The summed E-state index contributed by atoms with van der Waals surface area (Å²) in [6.07, 6.45) is 1.92. The van der Waals surface area contributed by atoms with Crippen molar-refractivity contribution >= 4 is 15.9 Å². The van der Waals surface area contributed by atoms with Crippen LogP contribution < -0.4 is 10.0 Å². The van der Waals surface area contributed by atoms with Crippen LogP contribution >= 0.6 is 0 Å². The van der Waals surface area contributed by atoms with Crippen molar-refractivity contribution in [2.45, 2.75) is 32.9 Å². The molecule has 0 saturated heterocycles. The Bertz CT molecular complexity index is 756. The number of carbonyl (C=O) groups is 1. The lowest BCUT2D eigenvalue weighted by Gasteiger charge is -2.21. The smallest absolute Gasteiger partial charge is 0.238 e. The number of rotatable bonds is 9. The molecule has 0 fully saturated rings. The van der Waals surface area contributed by atoms with Crippen molar-refractivity contribution in [3.8, 4) is 0 Å². The topological polar surface area (TPSA) is 88.4 Å². The summed E-state index contributed by atoms with van der Waals surface area (Å²) < 4.78 is 32.4. The number of nitrogens with one attached hydrogen (secondary N) is 2. The minimum atomic E-state index is -3.58. The molecule has 0 aliphatic heterocycles. The van der Waals surface area contributed by atoms with Gasteiger partial charge in [0.25, 0.3) is 0 Å². The molecule has 0 radical (unpaired) electrons. The summed E-state index contributed by atoms with van der Waals surface area (Å²) in [6, 6.07) is 12.0. The highest BCUT2D eigenvalue weighted by atomic mass is 32.2. The number of carbonyl (C=O) groups excluding carboxylic acids is 1. The van der Waals surface area contributed by atoms with Gasteiger partial charge in [-0.1, -0.05) is 44.2 Å². The number of benzene rings is 1. The molecule has 2 aromatic rings. The van der Waals surface area contributed by atoms with Crippen LogP contribution in [0.1, 0.15) is 25.2 Å². The second-order valence-corrected chi connectivity index (χ2v) is 8.06. The highest BCUT2D eigenvalue weighted by Gasteiger charge is 2.27. The maximum Gasteiger partial charge on any atom is 0.238 e. The molecule has 0 spiro atoms. The van der Waals surface area contributed by atoms with Crippen LogP contribution in [0.15, 0.2) is 53.1 Å². The van der Waals surface area contributed by atoms with Gasteiger partial charge in [0.05, 0.1) is 18.6 Å². The van der Waals surface area contributed by atoms with Crippen molar-refractivity contribution in [1.29, 1.82) is 0 Å². The molecular formula is C18H24N2O4S. The molecule has 136 valence electrons. The van der Waals surface area contributed by atoms with Crippen LogP contribution in [-0.4, -0.2) is 26.1 Å². The third-order valence-corrected chi connectivity index (χ3v) is 5.13. The number of aryl methyl sites for hydroxylation is 1. The van der Waals surface area contributed by atoms with Gasteiger partial charge in [0.2, 0.25) is 15.9 Å². The van der Waals surface area contributed by atoms with Crippen molar-refractivity contribution < 1.29 is 17.6 Å². The first-order valence-corrected chi connectivity index (χ1v) is 9.86. The Balaban J connectivity index is 1.93. The Morgan fingerprint density at radius 1 is 1.12 bits per heavy atom. The normalized spacial score (nSPS) is 12.9. The first-order valence-electron chi connectivity index (χ1n) is 8.21. The highest BCUT2D eigenvalue weighted by Crippen LogP contribution is 2.07. The predicted octanol–water partition coefficient (Wildman–Crippen LogP) is 2.08. The molecule has 2 N–H and O–H groups in total. The van der Waals surface area contributed by atoms with Gasteiger partial charge in [0, 0.05) is 0 Å². The first kappa shape index (κ1) is 19.2. The van der Waals surface area contributed by atoms with E-state index in [4.69, 9.17) is 4.42 Å². The van der Waals surface area contributed by atoms with Crippen molar-refractivity contribution in [2.24, 2.45) is 5.92 Å². The molecule has 0 saturated carbocycles. The summed E-state index contributed by atoms with van der Waals surface area (Å²) in [5.41, 5.74) is 0.941. The first-order chi connectivity index (χ1) is 11.9. The van der Waals surface area contributed by atoms with Crippen molar-refractivity contribution in [3.05, 3.63) is 60.1 Å². The predicted molar refractivity (Wildman–Crippen MR) is 96.2 cm³/mol. The molecule has 6 nitrogen and oxygen atoms in total. The van der Waals surface area contributed by atoms with E-state index in [0.29, 0.717) is 12.2 Å². The SMILES string of the molecule is CC(C)[C@H](NS(=O)(=O)CCc1ccccc1)C(=O)NCc1ccco1. The average molecular weight is 364 g/mol. The van der Waals surface area contributed by atoms with E-state index in [1.807, 2.05) is 30.3 Å². The minimum absolute atomic E-state index is 0.0638. The summed E-state index contributed by atoms with van der Waals surface area (Å²) in [7, 11) is -3.58. The van der Waals surface area contributed by atoms with Crippen LogP contribution in [0.4, 0.5) is 0 Å². The van der Waals surface area contributed by atoms with Crippen LogP contribution in [0.25, 0.3) is 0 Å². The molecule has 7 heteroatoms. The van der Waals surface area contributed by atoms with Crippen molar-refractivity contribution in [3.63, 3.8) is 0 Å². The second kappa shape index (κ2) is 8.82. The van der Waals surface area contributed by atoms with Crippen molar-refractivity contribution in [1.82, 2.24) is 10.0 Å². The second-order valence-electron chi connectivity index (χ2n) is 6.19. The summed E-state index contributed by atoms with van der Waals surface area (Å²) >= 11 is 0. The van der Waals surface area contributed by atoms with E-state index in [1.54, 1.807) is 26.0 Å². The molecule has 0 unspecified atom stereocenters. The zero-order valence-corrected chi connectivity index (χ0v) is 15.3. The maximum atomic E-state index is 12.4. The molecule has 25 heavy (non-hydrogen) atoms. The monoisotopic (exact) mass is 364 g/mol. The van der Waals surface area contributed by atoms with Gasteiger partial charge >= 0.3 is 0 Å². The molecule has 1 aromatic carbocycles. The number of amides is 1. The zero-order valence-electron chi connectivity index (χ0n) is 14.4. The average Bonchev–Trinajstić information content (AvgIpc) is 3.10. The van der Waals surface area contributed by atoms with Gasteiger partial charge in [-0.2, -0.15) is 0 Å². The Hall–Kier alpha value is -2.12. The molecule has 0 aliphatic carbocycles. The van der Waals surface area contributed by atoms with E-state index < -0.39 is 16.1 Å². The fraction of sp³-hybridized carbons (Fsp3) is 0.389. The summed E-state index contributed by atoms with van der Waals surface area (Å²) in [5.74, 6) is 0.00619. The largest absolute Gasteiger partial charge is 0.467 e. The molecule has 0 aliphatic rings. The van der Waals surface area contributed by atoms with Gasteiger partial charge in [-0.05, 0) is 30.0 Å². The molecular weight excluding hydrogens is 340 g/mol. The Kier molecular flexibility index (Phi) is 6.78. The van der Waals surface area contributed by atoms with Crippen LogP contribution in [-0.2, 0) is 27.8 Å². The van der Waals surface area contributed by atoms with Crippen LogP contribution in [0.3, 0.4) is 0 Å². The fourth-order valence-electron chi connectivity index (χ4n) is 2.34. The Labute approximate surface area is 148 Å². The molecule has 2 rings (SSSR count). The van der Waals surface area contributed by atoms with Gasteiger partial charge in [0.1, 0.15) is 11.8 Å². The molecule has 0 bridgehead atoms. The summed E-state index contributed by atoms with van der Waals surface area (Å²) in [5, 5.41) is 2.70. The lowest BCUT2D eigenvalue weighted by Crippen LogP contribution is -2.50. The number of sulfonamides is 1. The maximum absolute atomic E-state index is 12.4. The molecule has 1 atom stereocenters. The van der Waals surface area contributed by atoms with Crippen molar-refractivity contribution in [2.75, 3.05) is 5.75 Å². The van der Waals surface area contributed by atoms with E-state index in [-0.39, 0.29) is 24.1 Å². The van der Waals surface area contributed by atoms with E-state index in [2.05, 4.69) is 10.0 Å². The number of hydrogen-bond acceptors (Lipinski definition) is 4. The third-order valence-electron chi connectivity index (χ3n) is 3.77. The Morgan fingerprint density at radius 2 is 1.84 bits per heavy atom. The van der Waals surface area contributed by atoms with Gasteiger partial charge in [-0.3, -0.25) is 4.79 Å². The van der Waals surface area contributed by atoms with E-state index in [1.165, 1.54) is 6.26 Å². The number of furan rings is 1. The summed E-state index contributed by atoms with van der Waals surface area (Å²) in [6.45, 7) is 3.83. The molecule has 1 heterocycles. The number of hydrogen-bond donors (Lipinski definition) is 2.